The number of ether oxygens (including phenoxy) is 1. The highest BCUT2D eigenvalue weighted by molar-refractivity contribution is 5.98. The van der Waals surface area contributed by atoms with Gasteiger partial charge in [0.05, 0.1) is 13.0 Å². The van der Waals surface area contributed by atoms with Crippen LogP contribution < -0.4 is 0 Å². The molecule has 0 unspecified atom stereocenters. The summed E-state index contributed by atoms with van der Waals surface area (Å²) in [7, 11) is 0. The Bertz CT molecular complexity index is 175. The quantitative estimate of drug-likeness (QED) is 0.570. The molecule has 0 aromatic heterocycles. The lowest BCUT2D eigenvalue weighted by atomic mass is 10.2. The number of nitrogens with zero attached hydrogens (tertiary/aromatic N) is 1. The molecule has 1 aliphatic heterocycles. The van der Waals surface area contributed by atoms with E-state index in [0.29, 0.717) is 25.3 Å². The Morgan fingerprint density at radius 1 is 1.64 bits per heavy atom. The number of aliphatic imine (C=N–C) groups is 1. The maximum atomic E-state index is 11.0. The molecule has 0 radical (unpaired) electrons. The number of hydrogen-bond donors (Lipinski definition) is 0. The van der Waals surface area contributed by atoms with Crippen molar-refractivity contribution < 1.29 is 9.53 Å². The van der Waals surface area contributed by atoms with E-state index >= 15 is 0 Å². The van der Waals surface area contributed by atoms with Gasteiger partial charge in [0.15, 0.2) is 5.90 Å². The SMILES string of the molecule is CCOC1=NCCCC(=O)C1. The van der Waals surface area contributed by atoms with Crippen LogP contribution in [0.15, 0.2) is 4.99 Å². The molecule has 0 aromatic carbocycles. The molecule has 0 bridgehead atoms. The standard InChI is InChI=1S/C8H13NO2/c1-2-11-8-6-7(10)4-3-5-9-8/h2-6H2,1H3. The first-order valence-electron chi connectivity index (χ1n) is 4.00. The molecule has 0 aliphatic carbocycles. The van der Waals surface area contributed by atoms with E-state index in [1.165, 1.54) is 0 Å². The minimum Gasteiger partial charge on any atom is -0.481 e. The monoisotopic (exact) mass is 155 g/mol. The van der Waals surface area contributed by atoms with Gasteiger partial charge in [-0.25, -0.2) is 0 Å². The van der Waals surface area contributed by atoms with Gasteiger partial charge in [-0.3, -0.25) is 9.79 Å². The Hall–Kier alpha value is -0.860. The Morgan fingerprint density at radius 3 is 3.18 bits per heavy atom. The van der Waals surface area contributed by atoms with Crippen molar-refractivity contribution in [3.05, 3.63) is 0 Å². The predicted octanol–water partition coefficient (Wildman–Crippen LogP) is 1.17. The summed E-state index contributed by atoms with van der Waals surface area (Å²) in [6.07, 6.45) is 1.92. The first-order chi connectivity index (χ1) is 5.33. The smallest absolute Gasteiger partial charge is 0.190 e. The molecule has 11 heavy (non-hydrogen) atoms. The highest BCUT2D eigenvalue weighted by Crippen LogP contribution is 2.04. The number of carbonyl (C=O) groups is 1. The van der Waals surface area contributed by atoms with Crippen LogP contribution in [0.1, 0.15) is 26.2 Å². The lowest BCUT2D eigenvalue weighted by molar-refractivity contribution is -0.118. The van der Waals surface area contributed by atoms with E-state index in [4.69, 9.17) is 4.74 Å². The second kappa shape index (κ2) is 4.11. The molecule has 0 amide bonds. The molecular weight excluding hydrogens is 142 g/mol. The summed E-state index contributed by atoms with van der Waals surface area (Å²) in [5.74, 6) is 0.865. The van der Waals surface area contributed by atoms with Crippen LogP contribution >= 0.6 is 0 Å². The Labute approximate surface area is 66.5 Å². The van der Waals surface area contributed by atoms with Crippen molar-refractivity contribution in [1.82, 2.24) is 0 Å². The van der Waals surface area contributed by atoms with Gasteiger partial charge in [0.1, 0.15) is 5.78 Å². The molecule has 1 rings (SSSR count). The van der Waals surface area contributed by atoms with Crippen molar-refractivity contribution in [1.29, 1.82) is 0 Å². The van der Waals surface area contributed by atoms with Crippen LogP contribution in [-0.4, -0.2) is 24.8 Å². The molecule has 1 heterocycles. The normalized spacial score (nSPS) is 19.0. The zero-order valence-electron chi connectivity index (χ0n) is 6.80. The number of ketones is 1. The molecule has 0 aromatic rings. The van der Waals surface area contributed by atoms with Crippen molar-refractivity contribution >= 4 is 11.7 Å². The minimum atomic E-state index is 0.245. The molecule has 62 valence electrons. The lowest BCUT2D eigenvalue weighted by Crippen LogP contribution is -2.09. The van der Waals surface area contributed by atoms with E-state index < -0.39 is 0 Å². The van der Waals surface area contributed by atoms with Crippen LogP contribution in [0, 0.1) is 0 Å². The van der Waals surface area contributed by atoms with Crippen molar-refractivity contribution in [3.8, 4) is 0 Å². The number of Topliss-reactive ketones (excluding diaryl/α,β-unsaturated/α-hetero) is 1. The van der Waals surface area contributed by atoms with Crippen LogP contribution in [0.25, 0.3) is 0 Å². The van der Waals surface area contributed by atoms with E-state index in [1.54, 1.807) is 0 Å². The van der Waals surface area contributed by atoms with Crippen LogP contribution in [-0.2, 0) is 9.53 Å². The third kappa shape index (κ3) is 2.70. The van der Waals surface area contributed by atoms with Crippen molar-refractivity contribution in [3.63, 3.8) is 0 Å². The van der Waals surface area contributed by atoms with Gasteiger partial charge in [-0.15, -0.1) is 0 Å². The summed E-state index contributed by atoms with van der Waals surface area (Å²) >= 11 is 0. The number of carbonyl (C=O) groups excluding carboxylic acids is 1. The Morgan fingerprint density at radius 2 is 2.45 bits per heavy atom. The summed E-state index contributed by atoms with van der Waals surface area (Å²) in [5.41, 5.74) is 0. The molecule has 3 heteroatoms. The van der Waals surface area contributed by atoms with Crippen molar-refractivity contribution in [2.24, 2.45) is 4.99 Å². The summed E-state index contributed by atoms with van der Waals surface area (Å²) in [6, 6.07) is 0. The fraction of sp³-hybridized carbons (Fsp3) is 0.750. The second-order valence-electron chi connectivity index (χ2n) is 2.53. The topological polar surface area (TPSA) is 38.7 Å². The highest BCUT2D eigenvalue weighted by atomic mass is 16.5. The van der Waals surface area contributed by atoms with Crippen LogP contribution in [0.2, 0.25) is 0 Å². The summed E-state index contributed by atoms with van der Waals surface area (Å²) in [5, 5.41) is 0. The summed E-state index contributed by atoms with van der Waals surface area (Å²) in [4.78, 5) is 15.1. The number of rotatable bonds is 1. The molecular formula is C8H13NO2. The van der Waals surface area contributed by atoms with Gasteiger partial charge in [0.2, 0.25) is 0 Å². The Kier molecular flexibility index (Phi) is 3.08. The minimum absolute atomic E-state index is 0.245. The van der Waals surface area contributed by atoms with Gasteiger partial charge in [-0.2, -0.15) is 0 Å². The van der Waals surface area contributed by atoms with Gasteiger partial charge in [-0.05, 0) is 13.3 Å². The molecule has 0 fully saturated rings. The highest BCUT2D eigenvalue weighted by Gasteiger charge is 2.11. The van der Waals surface area contributed by atoms with Gasteiger partial charge in [-0.1, -0.05) is 0 Å². The lowest BCUT2D eigenvalue weighted by Gasteiger charge is -2.02. The van der Waals surface area contributed by atoms with Crippen LogP contribution in [0.3, 0.4) is 0 Å². The van der Waals surface area contributed by atoms with Crippen molar-refractivity contribution in [2.75, 3.05) is 13.2 Å². The zero-order valence-corrected chi connectivity index (χ0v) is 6.80. The molecule has 0 saturated heterocycles. The maximum absolute atomic E-state index is 11.0. The first kappa shape index (κ1) is 8.24. The molecule has 0 atom stereocenters. The second-order valence-corrected chi connectivity index (χ2v) is 2.53. The Balaban J connectivity index is 2.47. The third-order valence-corrected chi connectivity index (χ3v) is 1.56. The van der Waals surface area contributed by atoms with Crippen LogP contribution in [0.5, 0.6) is 0 Å². The maximum Gasteiger partial charge on any atom is 0.190 e. The van der Waals surface area contributed by atoms with E-state index in [9.17, 15) is 4.79 Å². The zero-order chi connectivity index (χ0) is 8.10. The molecule has 1 aliphatic rings. The summed E-state index contributed by atoms with van der Waals surface area (Å²) in [6.45, 7) is 3.24. The predicted molar refractivity (Wildman–Crippen MR) is 42.8 cm³/mol. The van der Waals surface area contributed by atoms with Crippen LogP contribution in [0.4, 0.5) is 0 Å². The van der Waals surface area contributed by atoms with E-state index in [-0.39, 0.29) is 5.78 Å². The first-order valence-corrected chi connectivity index (χ1v) is 4.00. The molecule has 0 saturated carbocycles. The fourth-order valence-corrected chi connectivity index (χ4v) is 1.06. The fourth-order valence-electron chi connectivity index (χ4n) is 1.06. The van der Waals surface area contributed by atoms with Crippen molar-refractivity contribution in [2.45, 2.75) is 26.2 Å². The third-order valence-electron chi connectivity index (χ3n) is 1.56. The van der Waals surface area contributed by atoms with E-state index in [2.05, 4.69) is 4.99 Å². The molecule has 0 N–H and O–H groups in total. The average molecular weight is 155 g/mol. The summed E-state index contributed by atoms with van der Waals surface area (Å²) < 4.78 is 5.16. The van der Waals surface area contributed by atoms with Gasteiger partial charge >= 0.3 is 0 Å². The van der Waals surface area contributed by atoms with Gasteiger partial charge in [0.25, 0.3) is 0 Å². The van der Waals surface area contributed by atoms with E-state index in [0.717, 1.165) is 13.0 Å². The van der Waals surface area contributed by atoms with Gasteiger partial charge in [0, 0.05) is 13.0 Å². The molecule has 0 spiro atoms. The number of hydrogen-bond acceptors (Lipinski definition) is 3. The van der Waals surface area contributed by atoms with E-state index in [1.807, 2.05) is 6.92 Å². The van der Waals surface area contributed by atoms with Gasteiger partial charge < -0.3 is 4.74 Å². The molecule has 3 nitrogen and oxygen atoms in total. The largest absolute Gasteiger partial charge is 0.481 e. The average Bonchev–Trinajstić information content (AvgIpc) is 2.15.